The summed E-state index contributed by atoms with van der Waals surface area (Å²) in [7, 11) is 0. The van der Waals surface area contributed by atoms with Gasteiger partial charge in [-0.25, -0.2) is 0 Å². The number of hydrazone groups is 1. The van der Waals surface area contributed by atoms with E-state index in [0.29, 0.717) is 0 Å². The first-order valence-corrected chi connectivity index (χ1v) is 12.2. The molecular formula is C28H23N5S. The molecule has 0 saturated heterocycles. The number of thioether (sulfide) groups is 1. The number of nitrogens with zero attached hydrogens (tertiary/aromatic N) is 3. The molecule has 0 radical (unpaired) electrons. The first-order valence-electron chi connectivity index (χ1n) is 11.2. The van der Waals surface area contributed by atoms with Crippen LogP contribution < -0.4 is 10.7 Å². The molecule has 3 aromatic carbocycles. The Balaban J connectivity index is 1.22. The Kier molecular flexibility index (Phi) is 5.49. The van der Waals surface area contributed by atoms with Gasteiger partial charge in [0.05, 0.1) is 29.3 Å². The van der Waals surface area contributed by atoms with Crippen LogP contribution in [0.15, 0.2) is 108 Å². The molecule has 1 aliphatic rings. The largest absolute Gasteiger partial charge is 0.355 e. The average molecular weight is 462 g/mol. The fourth-order valence-corrected chi connectivity index (χ4v) is 5.11. The third-order valence-corrected chi connectivity index (χ3v) is 6.81. The summed E-state index contributed by atoms with van der Waals surface area (Å²) in [5.41, 5.74) is 9.86. The van der Waals surface area contributed by atoms with Crippen LogP contribution in [-0.2, 0) is 6.54 Å². The molecule has 1 unspecified atom stereocenters. The molecule has 5 nitrogen and oxygen atoms in total. The molecule has 0 saturated carbocycles. The van der Waals surface area contributed by atoms with Crippen molar-refractivity contribution in [3.05, 3.63) is 119 Å². The van der Waals surface area contributed by atoms with Crippen molar-refractivity contribution in [1.82, 2.24) is 20.3 Å². The Morgan fingerprint density at radius 2 is 1.68 bits per heavy atom. The van der Waals surface area contributed by atoms with E-state index in [0.717, 1.165) is 23.5 Å². The van der Waals surface area contributed by atoms with Crippen LogP contribution in [0.2, 0.25) is 0 Å². The number of benzene rings is 3. The first-order chi connectivity index (χ1) is 16.8. The molecule has 166 valence electrons. The van der Waals surface area contributed by atoms with Crippen LogP contribution in [0.25, 0.3) is 27.5 Å². The average Bonchev–Trinajstić information content (AvgIpc) is 3.49. The van der Waals surface area contributed by atoms with Crippen LogP contribution in [0.4, 0.5) is 0 Å². The number of fused-ring (bicyclic) bond motifs is 3. The molecule has 0 bridgehead atoms. The summed E-state index contributed by atoms with van der Waals surface area (Å²) in [5.74, 6) is 0. The summed E-state index contributed by atoms with van der Waals surface area (Å²) >= 11 is 1.67. The zero-order valence-corrected chi connectivity index (χ0v) is 19.2. The van der Waals surface area contributed by atoms with Gasteiger partial charge in [-0.3, -0.25) is 10.4 Å². The second kappa shape index (κ2) is 9.08. The van der Waals surface area contributed by atoms with E-state index in [-0.39, 0.29) is 5.50 Å². The lowest BCUT2D eigenvalue weighted by Crippen LogP contribution is -2.31. The summed E-state index contributed by atoms with van der Waals surface area (Å²) in [6.45, 7) is 0.808. The van der Waals surface area contributed by atoms with Gasteiger partial charge in [-0.2, -0.15) is 5.10 Å². The van der Waals surface area contributed by atoms with Crippen LogP contribution in [0.3, 0.4) is 0 Å². The number of rotatable bonds is 6. The lowest BCUT2D eigenvalue weighted by atomic mass is 10.2. The van der Waals surface area contributed by atoms with Gasteiger partial charge >= 0.3 is 0 Å². The van der Waals surface area contributed by atoms with Gasteiger partial charge in [-0.1, -0.05) is 90.6 Å². The lowest BCUT2D eigenvalue weighted by Gasteiger charge is -2.12. The van der Waals surface area contributed by atoms with Crippen LogP contribution >= 0.6 is 11.8 Å². The number of para-hydroxylation sites is 1. The van der Waals surface area contributed by atoms with Crippen molar-refractivity contribution >= 4 is 45.5 Å². The lowest BCUT2D eigenvalue weighted by molar-refractivity contribution is 0.657. The second-order valence-corrected chi connectivity index (χ2v) is 9.14. The third-order valence-electron chi connectivity index (χ3n) is 5.95. The molecule has 1 aliphatic heterocycles. The minimum atomic E-state index is -0.0111. The number of hydrogen-bond donors (Lipinski definition) is 2. The normalized spacial score (nSPS) is 15.6. The highest BCUT2D eigenvalue weighted by Crippen LogP contribution is 2.30. The van der Waals surface area contributed by atoms with Gasteiger partial charge in [0.15, 0.2) is 5.50 Å². The minimum absolute atomic E-state index is 0.0111. The van der Waals surface area contributed by atoms with E-state index in [1.165, 1.54) is 27.4 Å². The van der Waals surface area contributed by atoms with Gasteiger partial charge < -0.3 is 9.88 Å². The van der Waals surface area contributed by atoms with Crippen molar-refractivity contribution in [3.8, 4) is 0 Å². The summed E-state index contributed by atoms with van der Waals surface area (Å²) in [6.07, 6.45) is 3.74. The highest BCUT2D eigenvalue weighted by Gasteiger charge is 2.16. The van der Waals surface area contributed by atoms with E-state index in [4.69, 9.17) is 0 Å². The number of hydrogen-bond acceptors (Lipinski definition) is 5. The summed E-state index contributed by atoms with van der Waals surface area (Å²) in [4.78, 5) is 4.68. The van der Waals surface area contributed by atoms with E-state index in [9.17, 15) is 0 Å². The molecule has 5 aromatic rings. The van der Waals surface area contributed by atoms with E-state index in [1.54, 1.807) is 18.0 Å². The van der Waals surface area contributed by atoms with E-state index < -0.39 is 0 Å². The molecular weight excluding hydrogens is 438 g/mol. The predicted octanol–water partition coefficient (Wildman–Crippen LogP) is 5.78. The molecule has 34 heavy (non-hydrogen) atoms. The number of pyridine rings is 1. The molecule has 0 fully saturated rings. The summed E-state index contributed by atoms with van der Waals surface area (Å²) in [6, 6.07) is 31.5. The van der Waals surface area contributed by atoms with E-state index in [2.05, 4.69) is 104 Å². The smallest absolute Gasteiger partial charge is 0.165 e. The van der Waals surface area contributed by atoms with Gasteiger partial charge in [0.1, 0.15) is 0 Å². The zero-order chi connectivity index (χ0) is 22.7. The predicted molar refractivity (Wildman–Crippen MR) is 142 cm³/mol. The van der Waals surface area contributed by atoms with Gasteiger partial charge in [-0.15, -0.1) is 0 Å². The van der Waals surface area contributed by atoms with Crippen LogP contribution in [0.1, 0.15) is 16.8 Å². The van der Waals surface area contributed by atoms with Crippen molar-refractivity contribution < 1.29 is 0 Å². The highest BCUT2D eigenvalue weighted by molar-refractivity contribution is 8.03. The molecule has 6 heteroatoms. The molecule has 0 amide bonds. The quantitative estimate of drug-likeness (QED) is 0.249. The van der Waals surface area contributed by atoms with Crippen LogP contribution in [0, 0.1) is 0 Å². The van der Waals surface area contributed by atoms with Gasteiger partial charge in [0.25, 0.3) is 0 Å². The maximum absolute atomic E-state index is 4.68. The topological polar surface area (TPSA) is 54.2 Å². The van der Waals surface area contributed by atoms with Crippen molar-refractivity contribution in [3.63, 3.8) is 0 Å². The monoisotopic (exact) mass is 461 g/mol. The second-order valence-electron chi connectivity index (χ2n) is 8.16. The van der Waals surface area contributed by atoms with Crippen molar-refractivity contribution in [2.24, 2.45) is 5.10 Å². The SMILES string of the molecule is C1=C(c2ccccc2)NC(N/N=C/c2cc3c4ccccc4n(Cc4ccccc4)c3cn2)S1. The van der Waals surface area contributed by atoms with Crippen molar-refractivity contribution in [2.75, 3.05) is 0 Å². The van der Waals surface area contributed by atoms with Crippen molar-refractivity contribution in [2.45, 2.75) is 12.0 Å². The fourth-order valence-electron chi connectivity index (χ4n) is 4.32. The van der Waals surface area contributed by atoms with Gasteiger partial charge in [-0.05, 0) is 28.7 Å². The Morgan fingerprint density at radius 1 is 0.912 bits per heavy atom. The Labute approximate surface area is 202 Å². The number of aromatic nitrogens is 2. The Morgan fingerprint density at radius 3 is 2.53 bits per heavy atom. The Bertz CT molecular complexity index is 1510. The van der Waals surface area contributed by atoms with Gasteiger partial charge in [0.2, 0.25) is 0 Å². The maximum Gasteiger partial charge on any atom is 0.165 e. The van der Waals surface area contributed by atoms with Crippen LogP contribution in [-0.4, -0.2) is 21.3 Å². The highest BCUT2D eigenvalue weighted by atomic mass is 32.2. The van der Waals surface area contributed by atoms with E-state index in [1.807, 2.05) is 24.4 Å². The minimum Gasteiger partial charge on any atom is -0.355 e. The zero-order valence-electron chi connectivity index (χ0n) is 18.4. The van der Waals surface area contributed by atoms with Crippen LogP contribution in [0.5, 0.6) is 0 Å². The molecule has 0 spiro atoms. The molecule has 0 aliphatic carbocycles. The molecule has 3 heterocycles. The number of nitrogens with one attached hydrogen (secondary N) is 2. The Hall–Kier alpha value is -4.03. The van der Waals surface area contributed by atoms with Crippen molar-refractivity contribution in [1.29, 1.82) is 0 Å². The molecule has 1 atom stereocenters. The molecule has 2 N–H and O–H groups in total. The molecule has 2 aromatic heterocycles. The first kappa shape index (κ1) is 20.6. The standard InChI is InChI=1S/C28H23N5S/c1-3-9-20(10-4-1)18-33-26-14-8-7-13-23(26)24-15-22(29-17-27(24)33)16-30-32-28-31-25(19-34-28)21-11-5-2-6-12-21/h1-17,19,28,31-32H,18H2/b30-16+. The maximum atomic E-state index is 4.68. The summed E-state index contributed by atoms with van der Waals surface area (Å²) in [5, 5.41) is 12.4. The fraction of sp³-hybridized carbons (Fsp3) is 0.0714. The molecule has 6 rings (SSSR count). The van der Waals surface area contributed by atoms with E-state index >= 15 is 0 Å². The van der Waals surface area contributed by atoms with Gasteiger partial charge in [0, 0.05) is 22.8 Å². The third kappa shape index (κ3) is 4.04. The summed E-state index contributed by atoms with van der Waals surface area (Å²) < 4.78 is 2.34.